The van der Waals surface area contributed by atoms with E-state index in [0.717, 1.165) is 10.2 Å². The van der Waals surface area contributed by atoms with E-state index in [1.165, 1.54) is 0 Å². The Morgan fingerprint density at radius 2 is 2.25 bits per heavy atom. The van der Waals surface area contributed by atoms with Gasteiger partial charge in [0.25, 0.3) is 0 Å². The van der Waals surface area contributed by atoms with Crippen LogP contribution in [0.3, 0.4) is 0 Å². The molecule has 1 atom stereocenters. The second-order valence-corrected chi connectivity index (χ2v) is 5.34. The molecule has 86 valence electrons. The maximum atomic E-state index is 11.8. The number of rotatable bonds is 2. The van der Waals surface area contributed by atoms with Crippen molar-refractivity contribution in [3.63, 3.8) is 0 Å². The number of halogens is 3. The summed E-state index contributed by atoms with van der Waals surface area (Å²) >= 11 is 15.3. The summed E-state index contributed by atoms with van der Waals surface area (Å²) < 4.78 is 0.800. The summed E-state index contributed by atoms with van der Waals surface area (Å²) in [6.07, 6.45) is 0.506. The van der Waals surface area contributed by atoms with Crippen LogP contribution in [0.1, 0.15) is 6.42 Å². The van der Waals surface area contributed by atoms with Gasteiger partial charge in [0, 0.05) is 23.3 Å². The SMILES string of the molecule is O=C1CC(CCl)CN1c1cccc(Br)c1Cl. The quantitative estimate of drug-likeness (QED) is 0.760. The van der Waals surface area contributed by atoms with E-state index in [9.17, 15) is 4.79 Å². The number of hydrogen-bond donors (Lipinski definition) is 0. The second kappa shape index (κ2) is 4.94. The molecular formula is C11H10BrCl2NO. The van der Waals surface area contributed by atoms with Crippen LogP contribution in [0.2, 0.25) is 5.02 Å². The molecule has 0 aromatic heterocycles. The van der Waals surface area contributed by atoms with E-state index in [0.29, 0.717) is 23.9 Å². The molecule has 0 N–H and O–H groups in total. The fraction of sp³-hybridized carbons (Fsp3) is 0.364. The summed E-state index contributed by atoms with van der Waals surface area (Å²) in [5.74, 6) is 0.822. The highest BCUT2D eigenvalue weighted by molar-refractivity contribution is 9.10. The molecule has 0 radical (unpaired) electrons. The minimum atomic E-state index is 0.0886. The normalized spacial score (nSPS) is 20.6. The molecule has 1 aromatic carbocycles. The Kier molecular flexibility index (Phi) is 3.77. The van der Waals surface area contributed by atoms with Crippen LogP contribution in [0.5, 0.6) is 0 Å². The monoisotopic (exact) mass is 321 g/mol. The van der Waals surface area contributed by atoms with Crippen LogP contribution in [0.25, 0.3) is 0 Å². The van der Waals surface area contributed by atoms with E-state index in [1.54, 1.807) is 4.90 Å². The van der Waals surface area contributed by atoms with E-state index >= 15 is 0 Å². The van der Waals surface area contributed by atoms with Crippen LogP contribution in [0, 0.1) is 5.92 Å². The van der Waals surface area contributed by atoms with Crippen LogP contribution in [0.4, 0.5) is 5.69 Å². The van der Waals surface area contributed by atoms with Crippen molar-refractivity contribution in [3.05, 3.63) is 27.7 Å². The topological polar surface area (TPSA) is 20.3 Å². The number of carbonyl (C=O) groups excluding carboxylic acids is 1. The van der Waals surface area contributed by atoms with E-state index in [2.05, 4.69) is 15.9 Å². The van der Waals surface area contributed by atoms with E-state index < -0.39 is 0 Å². The number of benzene rings is 1. The molecule has 0 spiro atoms. The van der Waals surface area contributed by atoms with Crippen molar-refractivity contribution in [1.82, 2.24) is 0 Å². The predicted octanol–water partition coefficient (Wildman–Crippen LogP) is 3.69. The van der Waals surface area contributed by atoms with Crippen LogP contribution in [-0.2, 0) is 4.79 Å². The number of anilines is 1. The summed E-state index contributed by atoms with van der Waals surface area (Å²) in [4.78, 5) is 13.5. The van der Waals surface area contributed by atoms with Gasteiger partial charge in [-0.05, 0) is 34.0 Å². The van der Waals surface area contributed by atoms with Gasteiger partial charge in [-0.2, -0.15) is 0 Å². The minimum absolute atomic E-state index is 0.0886. The molecule has 1 saturated heterocycles. The fourth-order valence-electron chi connectivity index (χ4n) is 1.82. The number of alkyl halides is 1. The first-order valence-electron chi connectivity index (χ1n) is 4.94. The largest absolute Gasteiger partial charge is 0.311 e. The molecular weight excluding hydrogens is 313 g/mol. The van der Waals surface area contributed by atoms with Gasteiger partial charge < -0.3 is 4.90 Å². The maximum Gasteiger partial charge on any atom is 0.227 e. The molecule has 1 heterocycles. The number of carbonyl (C=O) groups is 1. The molecule has 1 amide bonds. The fourth-order valence-corrected chi connectivity index (χ4v) is 2.61. The molecule has 5 heteroatoms. The third-order valence-corrected chi connectivity index (χ3v) is 4.37. The molecule has 1 unspecified atom stereocenters. The van der Waals surface area contributed by atoms with Gasteiger partial charge in [-0.15, -0.1) is 11.6 Å². The number of amides is 1. The second-order valence-electron chi connectivity index (χ2n) is 3.80. The summed E-state index contributed by atoms with van der Waals surface area (Å²) in [5.41, 5.74) is 0.758. The summed E-state index contributed by atoms with van der Waals surface area (Å²) in [7, 11) is 0. The first-order chi connectivity index (χ1) is 7.63. The Hall–Kier alpha value is -0.250. The smallest absolute Gasteiger partial charge is 0.227 e. The van der Waals surface area contributed by atoms with E-state index in [-0.39, 0.29) is 11.8 Å². The van der Waals surface area contributed by atoms with Crippen LogP contribution in [-0.4, -0.2) is 18.3 Å². The van der Waals surface area contributed by atoms with Crippen LogP contribution in [0.15, 0.2) is 22.7 Å². The third kappa shape index (κ3) is 2.22. The van der Waals surface area contributed by atoms with E-state index in [1.807, 2.05) is 18.2 Å². The first kappa shape index (κ1) is 12.2. The van der Waals surface area contributed by atoms with Crippen molar-refractivity contribution >= 4 is 50.7 Å². The lowest BCUT2D eigenvalue weighted by molar-refractivity contribution is -0.117. The van der Waals surface area contributed by atoms with Crippen molar-refractivity contribution in [2.75, 3.05) is 17.3 Å². The summed E-state index contributed by atoms with van der Waals surface area (Å²) in [6, 6.07) is 5.57. The van der Waals surface area contributed by atoms with Crippen molar-refractivity contribution in [3.8, 4) is 0 Å². The van der Waals surface area contributed by atoms with Crippen molar-refractivity contribution in [1.29, 1.82) is 0 Å². The standard InChI is InChI=1S/C11H10BrCl2NO/c12-8-2-1-3-9(11(8)14)15-6-7(5-13)4-10(15)16/h1-3,7H,4-6H2. The van der Waals surface area contributed by atoms with Gasteiger partial charge in [-0.1, -0.05) is 17.7 Å². The zero-order chi connectivity index (χ0) is 11.7. The van der Waals surface area contributed by atoms with Gasteiger partial charge >= 0.3 is 0 Å². The molecule has 1 aliphatic heterocycles. The van der Waals surface area contributed by atoms with Gasteiger partial charge in [-0.3, -0.25) is 4.79 Å². The van der Waals surface area contributed by atoms with Crippen LogP contribution < -0.4 is 4.90 Å². The van der Waals surface area contributed by atoms with Crippen molar-refractivity contribution in [2.45, 2.75) is 6.42 Å². The molecule has 2 rings (SSSR count). The van der Waals surface area contributed by atoms with Gasteiger partial charge in [0.05, 0.1) is 10.7 Å². The number of hydrogen-bond acceptors (Lipinski definition) is 1. The highest BCUT2D eigenvalue weighted by Gasteiger charge is 2.31. The van der Waals surface area contributed by atoms with Crippen molar-refractivity contribution in [2.24, 2.45) is 5.92 Å². The van der Waals surface area contributed by atoms with Gasteiger partial charge in [0.15, 0.2) is 0 Å². The Morgan fingerprint density at radius 1 is 1.50 bits per heavy atom. The predicted molar refractivity (Wildman–Crippen MR) is 70.3 cm³/mol. The number of nitrogens with zero attached hydrogens (tertiary/aromatic N) is 1. The lowest BCUT2D eigenvalue weighted by Crippen LogP contribution is -2.25. The average molecular weight is 323 g/mol. The molecule has 1 fully saturated rings. The van der Waals surface area contributed by atoms with Gasteiger partial charge in [0.2, 0.25) is 5.91 Å². The lowest BCUT2D eigenvalue weighted by atomic mass is 10.1. The average Bonchev–Trinajstić information content (AvgIpc) is 2.64. The molecule has 1 aromatic rings. The molecule has 0 bridgehead atoms. The minimum Gasteiger partial charge on any atom is -0.311 e. The molecule has 1 aliphatic rings. The molecule has 0 aliphatic carbocycles. The Bertz CT molecular complexity index is 424. The lowest BCUT2D eigenvalue weighted by Gasteiger charge is -2.18. The van der Waals surface area contributed by atoms with Crippen molar-refractivity contribution < 1.29 is 4.79 Å². The maximum absolute atomic E-state index is 11.8. The molecule has 16 heavy (non-hydrogen) atoms. The highest BCUT2D eigenvalue weighted by Crippen LogP contribution is 2.35. The molecule has 2 nitrogen and oxygen atoms in total. The zero-order valence-electron chi connectivity index (χ0n) is 8.42. The first-order valence-corrected chi connectivity index (χ1v) is 6.64. The molecule has 0 saturated carbocycles. The van der Waals surface area contributed by atoms with Gasteiger partial charge in [-0.25, -0.2) is 0 Å². The Morgan fingerprint density at radius 3 is 2.88 bits per heavy atom. The Balaban J connectivity index is 2.31. The Labute approximate surface area is 113 Å². The highest BCUT2D eigenvalue weighted by atomic mass is 79.9. The zero-order valence-corrected chi connectivity index (χ0v) is 11.5. The van der Waals surface area contributed by atoms with Gasteiger partial charge in [0.1, 0.15) is 0 Å². The summed E-state index contributed by atoms with van der Waals surface area (Å²) in [6.45, 7) is 0.651. The van der Waals surface area contributed by atoms with E-state index in [4.69, 9.17) is 23.2 Å². The van der Waals surface area contributed by atoms with Crippen LogP contribution >= 0.6 is 39.1 Å². The summed E-state index contributed by atoms with van der Waals surface area (Å²) in [5, 5.41) is 0.575. The third-order valence-electron chi connectivity index (χ3n) is 2.65.